The summed E-state index contributed by atoms with van der Waals surface area (Å²) in [6, 6.07) is 2.41. The van der Waals surface area contributed by atoms with Gasteiger partial charge in [0.25, 0.3) is 14.4 Å². The van der Waals surface area contributed by atoms with E-state index in [1.807, 2.05) is 0 Å². The minimum Gasteiger partial charge on any atom is -0.481 e. The molecule has 1 unspecified atom stereocenters. The van der Waals surface area contributed by atoms with Crippen LogP contribution >= 0.6 is 8.53 Å². The highest BCUT2D eigenvalue weighted by atomic mass is 31.2. The SMILES string of the molecule is C[C@H](CCCOP(O)N[C@@H](CCC(=O)O)C(=O)O)NC(=O)CC[C@H](NC(=O)CCCCCNC(=O)CCCCCNC(=O)c1ccc(F)cc1)C(=O)O. The number of carboxylic acids is 3. The Kier molecular flexibility index (Phi) is 24.2. The van der Waals surface area contributed by atoms with Crippen LogP contribution in [-0.2, 0) is 33.3 Å². The van der Waals surface area contributed by atoms with Gasteiger partial charge in [0.05, 0.1) is 6.61 Å². The fourth-order valence-electron chi connectivity index (χ4n) is 4.84. The summed E-state index contributed by atoms with van der Waals surface area (Å²) >= 11 is 0. The second kappa shape index (κ2) is 27.4. The molecule has 0 bridgehead atoms. The Morgan fingerprint density at radius 3 is 1.85 bits per heavy atom. The fraction of sp³-hybridized carbons (Fsp3) is 0.618. The van der Waals surface area contributed by atoms with E-state index in [4.69, 9.17) is 14.7 Å². The number of carbonyl (C=O) groups is 7. The molecule has 1 aromatic carbocycles. The highest BCUT2D eigenvalue weighted by Crippen LogP contribution is 2.28. The molecule has 0 aliphatic carbocycles. The minimum atomic E-state index is -2.31. The lowest BCUT2D eigenvalue weighted by Gasteiger charge is -2.19. The molecule has 0 aliphatic rings. The maximum absolute atomic E-state index is 13.0. The van der Waals surface area contributed by atoms with Crippen LogP contribution in [0.5, 0.6) is 0 Å². The van der Waals surface area contributed by atoms with Gasteiger partial charge in [-0.2, -0.15) is 0 Å². The zero-order valence-corrected chi connectivity index (χ0v) is 30.8. The second-order valence-electron chi connectivity index (χ2n) is 12.4. The molecule has 0 saturated carbocycles. The monoisotopic (exact) mass is 773 g/mol. The molecule has 1 rings (SSSR count). The normalized spacial score (nSPS) is 13.2. The van der Waals surface area contributed by atoms with Crippen LogP contribution in [0.4, 0.5) is 4.39 Å². The van der Waals surface area contributed by atoms with Crippen molar-refractivity contribution in [3.05, 3.63) is 35.6 Å². The Balaban J connectivity index is 2.13. The van der Waals surface area contributed by atoms with E-state index in [0.29, 0.717) is 70.0 Å². The number of aliphatic carboxylic acids is 3. The number of carboxylic acid groups (broad SMARTS) is 3. The topological polar surface area (TPSA) is 270 Å². The van der Waals surface area contributed by atoms with Crippen LogP contribution in [0, 0.1) is 5.82 Å². The summed E-state index contributed by atoms with van der Waals surface area (Å²) in [6.07, 6.45) is 4.22. The van der Waals surface area contributed by atoms with Gasteiger partial charge in [0.15, 0.2) is 0 Å². The molecular weight excluding hydrogens is 720 g/mol. The average molecular weight is 774 g/mol. The molecule has 298 valence electrons. The Morgan fingerprint density at radius 2 is 1.25 bits per heavy atom. The third-order valence-electron chi connectivity index (χ3n) is 7.78. The van der Waals surface area contributed by atoms with Crippen molar-refractivity contribution in [3.8, 4) is 0 Å². The van der Waals surface area contributed by atoms with E-state index in [1.54, 1.807) is 6.92 Å². The Bertz CT molecular complexity index is 1320. The maximum Gasteiger partial charge on any atom is 0.326 e. The molecule has 0 aliphatic heterocycles. The van der Waals surface area contributed by atoms with Gasteiger partial charge in [0, 0.05) is 50.4 Å². The number of benzene rings is 1. The van der Waals surface area contributed by atoms with Gasteiger partial charge >= 0.3 is 17.9 Å². The summed E-state index contributed by atoms with van der Waals surface area (Å²) in [5.41, 5.74) is 0.378. The zero-order chi connectivity index (χ0) is 39.6. The number of carbonyl (C=O) groups excluding carboxylic acids is 4. The van der Waals surface area contributed by atoms with E-state index in [-0.39, 0.29) is 50.1 Å². The summed E-state index contributed by atoms with van der Waals surface area (Å²) in [6.45, 7) is 2.64. The lowest BCUT2D eigenvalue weighted by Crippen LogP contribution is -2.42. The van der Waals surface area contributed by atoms with Gasteiger partial charge in [-0.1, -0.05) is 12.8 Å². The molecule has 53 heavy (non-hydrogen) atoms. The van der Waals surface area contributed by atoms with Crippen molar-refractivity contribution in [1.82, 2.24) is 26.4 Å². The molecule has 0 spiro atoms. The molecule has 4 amide bonds. The smallest absolute Gasteiger partial charge is 0.326 e. The van der Waals surface area contributed by atoms with Gasteiger partial charge in [0.2, 0.25) is 17.7 Å². The van der Waals surface area contributed by atoms with Crippen LogP contribution in [0.25, 0.3) is 0 Å². The zero-order valence-electron chi connectivity index (χ0n) is 29.9. The molecule has 1 aromatic rings. The first kappa shape index (κ1) is 46.8. The summed E-state index contributed by atoms with van der Waals surface area (Å²) in [4.78, 5) is 92.1. The Labute approximate surface area is 309 Å². The first-order valence-electron chi connectivity index (χ1n) is 17.6. The second-order valence-corrected chi connectivity index (χ2v) is 13.5. The molecule has 0 radical (unpaired) electrons. The van der Waals surface area contributed by atoms with Crippen molar-refractivity contribution >= 4 is 50.1 Å². The lowest BCUT2D eigenvalue weighted by molar-refractivity contribution is -0.142. The van der Waals surface area contributed by atoms with Crippen LogP contribution in [0.2, 0.25) is 0 Å². The van der Waals surface area contributed by atoms with E-state index < -0.39 is 62.6 Å². The van der Waals surface area contributed by atoms with Crippen molar-refractivity contribution in [2.75, 3.05) is 19.7 Å². The third kappa shape index (κ3) is 23.8. The molecule has 0 saturated heterocycles. The molecule has 17 nitrogen and oxygen atoms in total. The number of halogens is 1. The van der Waals surface area contributed by atoms with Crippen LogP contribution in [0.3, 0.4) is 0 Å². The van der Waals surface area contributed by atoms with Gasteiger partial charge in [-0.05, 0) is 82.6 Å². The molecule has 0 fully saturated rings. The largest absolute Gasteiger partial charge is 0.481 e. The number of nitrogens with one attached hydrogen (secondary N) is 5. The summed E-state index contributed by atoms with van der Waals surface area (Å²) in [5.74, 6) is -5.42. The highest BCUT2D eigenvalue weighted by Gasteiger charge is 2.23. The van der Waals surface area contributed by atoms with Gasteiger partial charge in [-0.15, -0.1) is 0 Å². The third-order valence-corrected chi connectivity index (χ3v) is 8.74. The average Bonchev–Trinajstić information content (AvgIpc) is 3.09. The Hall–Kier alpha value is -4.25. The van der Waals surface area contributed by atoms with E-state index in [9.17, 15) is 48.0 Å². The van der Waals surface area contributed by atoms with E-state index >= 15 is 0 Å². The molecule has 9 N–H and O–H groups in total. The minimum absolute atomic E-state index is 0.0375. The fourth-order valence-corrected chi connectivity index (χ4v) is 5.72. The maximum atomic E-state index is 13.0. The van der Waals surface area contributed by atoms with E-state index in [1.165, 1.54) is 24.3 Å². The van der Waals surface area contributed by atoms with E-state index in [0.717, 1.165) is 6.42 Å². The quantitative estimate of drug-likeness (QED) is 0.0402. The standard InChI is InChI=1S/C34H53FN5O12P/c1-23(9-8-22-52-53(51)40-27(34(49)50)17-19-31(44)45)38-30(43)18-16-26(33(47)48)39-29(42)11-5-3-6-20-36-28(41)10-4-2-7-21-37-32(46)24-12-14-25(35)15-13-24/h12-15,23,26-27,40,51H,2-11,16-22H2,1H3,(H,36,41)(H,37,46)(H,38,43)(H,39,42)(H,44,45)(H,47,48)(H,49,50)/t23-,26+,27+,53?/m1/s1. The highest BCUT2D eigenvalue weighted by molar-refractivity contribution is 7.43. The van der Waals surface area contributed by atoms with Crippen molar-refractivity contribution in [3.63, 3.8) is 0 Å². The van der Waals surface area contributed by atoms with Crippen LogP contribution in [0.1, 0.15) is 107 Å². The summed E-state index contributed by atoms with van der Waals surface area (Å²) < 4.78 is 18.1. The number of rotatable bonds is 30. The van der Waals surface area contributed by atoms with Gasteiger partial charge in [-0.3, -0.25) is 28.8 Å². The van der Waals surface area contributed by atoms with E-state index in [2.05, 4.69) is 26.4 Å². The first-order valence-corrected chi connectivity index (χ1v) is 18.8. The molecule has 19 heteroatoms. The predicted octanol–water partition coefficient (Wildman–Crippen LogP) is 2.57. The molecule has 4 atom stereocenters. The van der Waals surface area contributed by atoms with Crippen LogP contribution in [0.15, 0.2) is 24.3 Å². The summed E-state index contributed by atoms with van der Waals surface area (Å²) in [7, 11) is -2.31. The van der Waals surface area contributed by atoms with Gasteiger partial charge < -0.3 is 46.0 Å². The van der Waals surface area contributed by atoms with Crippen molar-refractivity contribution in [2.45, 2.75) is 115 Å². The van der Waals surface area contributed by atoms with Crippen LogP contribution in [-0.4, -0.2) is 99.6 Å². The first-order chi connectivity index (χ1) is 25.2. The van der Waals surface area contributed by atoms with Crippen molar-refractivity contribution in [1.29, 1.82) is 0 Å². The van der Waals surface area contributed by atoms with Gasteiger partial charge in [-0.25, -0.2) is 14.3 Å². The van der Waals surface area contributed by atoms with Gasteiger partial charge in [0.1, 0.15) is 17.9 Å². The predicted molar refractivity (Wildman–Crippen MR) is 191 cm³/mol. The van der Waals surface area contributed by atoms with Crippen molar-refractivity contribution < 1.29 is 62.7 Å². The molecule has 0 aromatic heterocycles. The van der Waals surface area contributed by atoms with Crippen LogP contribution < -0.4 is 26.4 Å². The number of amides is 4. The number of hydrogen-bond donors (Lipinski definition) is 9. The number of unbranched alkanes of at least 4 members (excludes halogenated alkanes) is 4. The lowest BCUT2D eigenvalue weighted by atomic mass is 10.1. The summed E-state index contributed by atoms with van der Waals surface area (Å²) in [5, 5.41) is 40.4. The number of hydrogen-bond acceptors (Lipinski definition) is 10. The molecular formula is C34H53FN5O12P. The Morgan fingerprint density at radius 1 is 0.679 bits per heavy atom. The molecule has 0 heterocycles. The van der Waals surface area contributed by atoms with Crippen molar-refractivity contribution in [2.24, 2.45) is 0 Å².